The van der Waals surface area contributed by atoms with Crippen molar-refractivity contribution in [2.45, 2.75) is 26.1 Å². The second-order valence-corrected chi connectivity index (χ2v) is 6.79. The molecule has 2 aromatic rings. The van der Waals surface area contributed by atoms with E-state index in [9.17, 15) is 9.18 Å². The van der Waals surface area contributed by atoms with Crippen LogP contribution in [-0.4, -0.2) is 11.7 Å². The summed E-state index contributed by atoms with van der Waals surface area (Å²) < 4.78 is 13.5. The van der Waals surface area contributed by atoms with Crippen LogP contribution in [0.3, 0.4) is 0 Å². The SMILES string of the molecule is Cc1ccc(N2C(=O)CSC2c2ccc(F)c(C)c2)c(C)c1. The standard InChI is InChI=1S/C18H18FNOS/c1-11-4-7-16(13(3)8-11)20-17(21)10-22-18(20)14-5-6-15(19)12(2)9-14/h4-9,18H,10H2,1-3H3. The Kier molecular flexibility index (Phi) is 3.96. The van der Waals surface area contributed by atoms with E-state index in [1.54, 1.807) is 24.8 Å². The third-order valence-corrected chi connectivity index (χ3v) is 5.16. The number of nitrogens with zero attached hydrogens (tertiary/aromatic N) is 1. The Morgan fingerprint density at radius 1 is 1.09 bits per heavy atom. The predicted molar refractivity (Wildman–Crippen MR) is 89.7 cm³/mol. The van der Waals surface area contributed by atoms with Gasteiger partial charge in [0.1, 0.15) is 11.2 Å². The van der Waals surface area contributed by atoms with Crippen molar-refractivity contribution in [3.8, 4) is 0 Å². The van der Waals surface area contributed by atoms with Crippen molar-refractivity contribution < 1.29 is 9.18 Å². The number of rotatable bonds is 2. The molecule has 0 N–H and O–H groups in total. The summed E-state index contributed by atoms with van der Waals surface area (Å²) in [6, 6.07) is 11.2. The Labute approximate surface area is 134 Å². The Bertz CT molecular complexity index is 744. The lowest BCUT2D eigenvalue weighted by Crippen LogP contribution is -2.28. The molecule has 1 saturated heterocycles. The zero-order valence-electron chi connectivity index (χ0n) is 12.9. The Morgan fingerprint density at radius 3 is 2.55 bits per heavy atom. The molecule has 0 bridgehead atoms. The maximum absolute atomic E-state index is 13.5. The van der Waals surface area contributed by atoms with Gasteiger partial charge in [0.05, 0.1) is 5.75 Å². The third kappa shape index (κ3) is 2.63. The highest BCUT2D eigenvalue weighted by atomic mass is 32.2. The van der Waals surface area contributed by atoms with Gasteiger partial charge in [0.2, 0.25) is 5.91 Å². The smallest absolute Gasteiger partial charge is 0.238 e. The highest BCUT2D eigenvalue weighted by molar-refractivity contribution is 8.00. The van der Waals surface area contributed by atoms with E-state index in [1.807, 2.05) is 36.9 Å². The van der Waals surface area contributed by atoms with Crippen molar-refractivity contribution in [1.82, 2.24) is 0 Å². The lowest BCUT2D eigenvalue weighted by atomic mass is 10.1. The molecule has 0 spiro atoms. The van der Waals surface area contributed by atoms with E-state index in [0.717, 1.165) is 16.8 Å². The number of carbonyl (C=O) groups is 1. The van der Waals surface area contributed by atoms with E-state index >= 15 is 0 Å². The molecule has 4 heteroatoms. The number of thioether (sulfide) groups is 1. The Hall–Kier alpha value is -1.81. The fraction of sp³-hybridized carbons (Fsp3) is 0.278. The minimum atomic E-state index is -0.212. The van der Waals surface area contributed by atoms with Crippen molar-refractivity contribution in [1.29, 1.82) is 0 Å². The van der Waals surface area contributed by atoms with Gasteiger partial charge in [0.25, 0.3) is 0 Å². The molecule has 0 saturated carbocycles. The molecule has 1 fully saturated rings. The molecule has 1 aliphatic rings. The van der Waals surface area contributed by atoms with E-state index in [1.165, 1.54) is 11.6 Å². The van der Waals surface area contributed by atoms with Crippen molar-refractivity contribution in [3.05, 3.63) is 64.5 Å². The fourth-order valence-electron chi connectivity index (χ4n) is 2.83. The normalized spacial score (nSPS) is 18.1. The first-order valence-corrected chi connectivity index (χ1v) is 8.29. The summed E-state index contributed by atoms with van der Waals surface area (Å²) in [6.07, 6.45) is 0. The highest BCUT2D eigenvalue weighted by Crippen LogP contribution is 2.43. The quantitative estimate of drug-likeness (QED) is 0.811. The molecule has 2 nitrogen and oxygen atoms in total. The van der Waals surface area contributed by atoms with Gasteiger partial charge in [-0.3, -0.25) is 9.69 Å². The average Bonchev–Trinajstić information content (AvgIpc) is 2.84. The van der Waals surface area contributed by atoms with Gasteiger partial charge >= 0.3 is 0 Å². The van der Waals surface area contributed by atoms with E-state index in [4.69, 9.17) is 0 Å². The van der Waals surface area contributed by atoms with Gasteiger partial charge in [0.15, 0.2) is 0 Å². The van der Waals surface area contributed by atoms with Crippen molar-refractivity contribution in [2.24, 2.45) is 0 Å². The van der Waals surface area contributed by atoms with Gasteiger partial charge in [-0.25, -0.2) is 4.39 Å². The summed E-state index contributed by atoms with van der Waals surface area (Å²) in [7, 11) is 0. The number of anilines is 1. The molecule has 3 rings (SSSR count). The Morgan fingerprint density at radius 2 is 1.86 bits per heavy atom. The second-order valence-electron chi connectivity index (χ2n) is 5.73. The highest BCUT2D eigenvalue weighted by Gasteiger charge is 2.34. The average molecular weight is 315 g/mol. The lowest BCUT2D eigenvalue weighted by Gasteiger charge is -2.26. The molecule has 1 unspecified atom stereocenters. The zero-order valence-corrected chi connectivity index (χ0v) is 13.7. The topological polar surface area (TPSA) is 20.3 Å². The molecule has 2 aromatic carbocycles. The molecule has 1 atom stereocenters. The number of amides is 1. The van der Waals surface area contributed by atoms with E-state index < -0.39 is 0 Å². The van der Waals surface area contributed by atoms with Crippen LogP contribution in [-0.2, 0) is 4.79 Å². The number of hydrogen-bond donors (Lipinski definition) is 0. The Balaban J connectivity index is 2.03. The minimum absolute atomic E-state index is 0.0896. The molecular weight excluding hydrogens is 297 g/mol. The van der Waals surface area contributed by atoms with Crippen molar-refractivity contribution in [3.63, 3.8) is 0 Å². The monoisotopic (exact) mass is 315 g/mol. The summed E-state index contributed by atoms with van der Waals surface area (Å²) in [5.74, 6) is 0.342. The molecule has 114 valence electrons. The van der Waals surface area contributed by atoms with Crippen LogP contribution in [0.1, 0.15) is 27.6 Å². The van der Waals surface area contributed by atoms with Crippen LogP contribution in [0.5, 0.6) is 0 Å². The van der Waals surface area contributed by atoms with Crippen LogP contribution in [0, 0.1) is 26.6 Å². The summed E-state index contributed by atoms with van der Waals surface area (Å²) in [6.45, 7) is 5.81. The lowest BCUT2D eigenvalue weighted by molar-refractivity contribution is -0.115. The summed E-state index contributed by atoms with van der Waals surface area (Å²) >= 11 is 1.59. The van der Waals surface area contributed by atoms with Crippen LogP contribution < -0.4 is 4.90 Å². The van der Waals surface area contributed by atoms with Crippen molar-refractivity contribution in [2.75, 3.05) is 10.7 Å². The predicted octanol–water partition coefficient (Wildman–Crippen LogP) is 4.53. The van der Waals surface area contributed by atoms with Crippen LogP contribution in [0.4, 0.5) is 10.1 Å². The van der Waals surface area contributed by atoms with Gasteiger partial charge in [-0.1, -0.05) is 29.8 Å². The van der Waals surface area contributed by atoms with Gasteiger partial charge < -0.3 is 0 Å². The van der Waals surface area contributed by atoms with Crippen molar-refractivity contribution >= 4 is 23.4 Å². The van der Waals surface area contributed by atoms with E-state index in [2.05, 4.69) is 6.07 Å². The minimum Gasteiger partial charge on any atom is -0.295 e. The number of aryl methyl sites for hydroxylation is 3. The summed E-state index contributed by atoms with van der Waals surface area (Å²) in [4.78, 5) is 14.2. The maximum Gasteiger partial charge on any atom is 0.238 e. The maximum atomic E-state index is 13.5. The molecule has 0 aromatic heterocycles. The molecule has 1 aliphatic heterocycles. The first-order valence-electron chi connectivity index (χ1n) is 7.24. The molecule has 0 radical (unpaired) electrons. The van der Waals surface area contributed by atoms with Crippen LogP contribution in [0.15, 0.2) is 36.4 Å². The first-order chi connectivity index (χ1) is 10.5. The fourth-order valence-corrected chi connectivity index (χ4v) is 3.99. The van der Waals surface area contributed by atoms with E-state index in [0.29, 0.717) is 11.3 Å². The number of hydrogen-bond acceptors (Lipinski definition) is 2. The number of benzene rings is 2. The molecule has 1 amide bonds. The number of halogens is 1. The third-order valence-electron chi connectivity index (χ3n) is 3.95. The summed E-state index contributed by atoms with van der Waals surface area (Å²) in [5, 5.41) is -0.0896. The van der Waals surface area contributed by atoms with Crippen LogP contribution >= 0.6 is 11.8 Å². The van der Waals surface area contributed by atoms with Crippen LogP contribution in [0.25, 0.3) is 0 Å². The second kappa shape index (κ2) is 5.76. The van der Waals surface area contributed by atoms with Gasteiger partial charge in [-0.15, -0.1) is 11.8 Å². The van der Waals surface area contributed by atoms with E-state index in [-0.39, 0.29) is 17.1 Å². The van der Waals surface area contributed by atoms with Gasteiger partial charge in [-0.05, 0) is 49.6 Å². The molecular formula is C18H18FNOS. The first kappa shape index (κ1) is 15.1. The zero-order chi connectivity index (χ0) is 15.9. The largest absolute Gasteiger partial charge is 0.295 e. The molecule has 1 heterocycles. The van der Waals surface area contributed by atoms with Crippen LogP contribution in [0.2, 0.25) is 0 Å². The van der Waals surface area contributed by atoms with Gasteiger partial charge in [0, 0.05) is 5.69 Å². The summed E-state index contributed by atoms with van der Waals surface area (Å²) in [5.41, 5.74) is 4.77. The molecule has 0 aliphatic carbocycles. The number of carbonyl (C=O) groups excluding carboxylic acids is 1. The van der Waals surface area contributed by atoms with Gasteiger partial charge in [-0.2, -0.15) is 0 Å². The molecule has 22 heavy (non-hydrogen) atoms.